The number of likely N-dealkylation sites (tertiary alicyclic amines) is 1. The Morgan fingerprint density at radius 2 is 2.00 bits per heavy atom. The molecule has 166 valence electrons. The topological polar surface area (TPSA) is 78.2 Å². The second-order valence-corrected chi connectivity index (χ2v) is 8.27. The Balaban J connectivity index is 1.54. The number of carbonyl (C=O) groups excluding carboxylic acids is 1. The smallest absolute Gasteiger partial charge is 0.267 e. The average Bonchev–Trinajstić information content (AvgIpc) is 3.36. The van der Waals surface area contributed by atoms with E-state index in [9.17, 15) is 4.79 Å². The summed E-state index contributed by atoms with van der Waals surface area (Å²) in [6.07, 6.45) is 7.60. The number of carbonyl (C=O) groups is 1. The number of ether oxygens (including phenoxy) is 2. The molecule has 1 aromatic heterocycles. The molecular weight excluding hydrogens is 420 g/mol. The van der Waals surface area contributed by atoms with E-state index in [0.717, 1.165) is 31.2 Å². The van der Waals surface area contributed by atoms with E-state index >= 15 is 0 Å². The van der Waals surface area contributed by atoms with E-state index in [1.165, 1.54) is 0 Å². The van der Waals surface area contributed by atoms with Crippen LogP contribution in [0.25, 0.3) is 0 Å². The van der Waals surface area contributed by atoms with Crippen LogP contribution in [0.1, 0.15) is 49.3 Å². The molecule has 31 heavy (non-hydrogen) atoms. The lowest BCUT2D eigenvalue weighted by molar-refractivity contribution is -0.144. The lowest BCUT2D eigenvalue weighted by Gasteiger charge is -2.30. The molecule has 1 aromatic carbocycles. The maximum Gasteiger partial charge on any atom is 0.267 e. The van der Waals surface area contributed by atoms with Crippen molar-refractivity contribution in [3.8, 4) is 11.5 Å². The fourth-order valence-corrected chi connectivity index (χ4v) is 4.51. The van der Waals surface area contributed by atoms with Crippen molar-refractivity contribution < 1.29 is 19.1 Å². The number of rotatable bonds is 5. The highest BCUT2D eigenvalue weighted by Crippen LogP contribution is 2.36. The van der Waals surface area contributed by atoms with Crippen LogP contribution in [0, 0.1) is 0 Å². The van der Waals surface area contributed by atoms with Crippen LogP contribution < -0.4 is 9.47 Å². The van der Waals surface area contributed by atoms with Crippen molar-refractivity contribution in [2.45, 2.75) is 44.2 Å². The van der Waals surface area contributed by atoms with E-state index in [-0.39, 0.29) is 11.9 Å². The highest BCUT2D eigenvalue weighted by molar-refractivity contribution is 6.32. The molecule has 3 heterocycles. The second-order valence-electron chi connectivity index (χ2n) is 7.87. The fourth-order valence-electron chi connectivity index (χ4n) is 4.27. The van der Waals surface area contributed by atoms with Gasteiger partial charge in [-0.15, -0.1) is 0 Å². The highest BCUT2D eigenvalue weighted by Gasteiger charge is 2.37. The first-order chi connectivity index (χ1) is 15.0. The van der Waals surface area contributed by atoms with E-state index in [1.807, 2.05) is 24.3 Å². The van der Waals surface area contributed by atoms with Crippen LogP contribution in [-0.4, -0.2) is 53.2 Å². The van der Waals surface area contributed by atoms with Gasteiger partial charge >= 0.3 is 0 Å². The molecule has 2 atom stereocenters. The van der Waals surface area contributed by atoms with Crippen molar-refractivity contribution >= 4 is 23.2 Å². The maximum absolute atomic E-state index is 13.5. The van der Waals surface area contributed by atoms with Crippen molar-refractivity contribution in [3.05, 3.63) is 40.7 Å². The highest BCUT2D eigenvalue weighted by atomic mass is 35.5. The Bertz CT molecular complexity index is 990. The summed E-state index contributed by atoms with van der Waals surface area (Å²) in [6.45, 7) is 0.700. The van der Waals surface area contributed by atoms with Gasteiger partial charge in [0, 0.05) is 43.4 Å². The molecule has 0 saturated carbocycles. The summed E-state index contributed by atoms with van der Waals surface area (Å²) in [4.78, 5) is 21.0. The van der Waals surface area contributed by atoms with Gasteiger partial charge in [0.2, 0.25) is 6.10 Å². The first kappa shape index (κ1) is 21.5. The van der Waals surface area contributed by atoms with Crippen molar-refractivity contribution in [2.75, 3.05) is 20.8 Å². The molecule has 2 aliphatic rings. The molecule has 1 fully saturated rings. The number of amides is 1. The summed E-state index contributed by atoms with van der Waals surface area (Å²) >= 11 is 6.31. The third-order valence-electron chi connectivity index (χ3n) is 5.87. The number of aryl methyl sites for hydroxylation is 1. The fraction of sp³-hybridized carbons (Fsp3) is 0.500. The summed E-state index contributed by atoms with van der Waals surface area (Å²) in [6, 6.07) is 3.45. The van der Waals surface area contributed by atoms with Gasteiger partial charge in [-0.3, -0.25) is 9.48 Å². The number of benzene rings is 1. The largest absolute Gasteiger partial charge is 0.496 e. The third kappa shape index (κ3) is 4.35. The van der Waals surface area contributed by atoms with Crippen molar-refractivity contribution in [1.82, 2.24) is 14.7 Å². The SMILES string of the molecule is COc1cc(OC)c(C2=NO[C@@H](C(=O)N3CCCCC[C@H]3c3cnn(C)c3)C2)cc1Cl. The van der Waals surface area contributed by atoms with Crippen molar-refractivity contribution in [1.29, 1.82) is 0 Å². The van der Waals surface area contributed by atoms with E-state index in [0.29, 0.717) is 40.8 Å². The molecule has 1 amide bonds. The number of halogens is 1. The Labute approximate surface area is 186 Å². The van der Waals surface area contributed by atoms with E-state index in [4.69, 9.17) is 25.9 Å². The molecule has 0 unspecified atom stereocenters. The predicted octanol–water partition coefficient (Wildman–Crippen LogP) is 3.73. The number of hydrogen-bond acceptors (Lipinski definition) is 6. The first-order valence-electron chi connectivity index (χ1n) is 10.5. The minimum absolute atomic E-state index is 0.00122. The zero-order valence-electron chi connectivity index (χ0n) is 18.0. The minimum Gasteiger partial charge on any atom is -0.496 e. The van der Waals surface area contributed by atoms with Gasteiger partial charge in [0.15, 0.2) is 0 Å². The lowest BCUT2D eigenvalue weighted by Crippen LogP contribution is -2.41. The molecule has 4 rings (SSSR count). The van der Waals surface area contributed by atoms with Gasteiger partial charge < -0.3 is 19.2 Å². The number of nitrogens with zero attached hydrogens (tertiary/aromatic N) is 4. The Hall–Kier alpha value is -2.74. The molecule has 8 nitrogen and oxygen atoms in total. The van der Waals surface area contributed by atoms with Crippen LogP contribution in [-0.2, 0) is 16.7 Å². The van der Waals surface area contributed by atoms with Gasteiger partial charge in [0.05, 0.1) is 37.2 Å². The Morgan fingerprint density at radius 1 is 1.19 bits per heavy atom. The zero-order valence-corrected chi connectivity index (χ0v) is 18.8. The van der Waals surface area contributed by atoms with Crippen LogP contribution >= 0.6 is 11.6 Å². The van der Waals surface area contributed by atoms with Gasteiger partial charge in [-0.25, -0.2) is 0 Å². The van der Waals surface area contributed by atoms with Gasteiger partial charge in [0.25, 0.3) is 5.91 Å². The van der Waals surface area contributed by atoms with Crippen LogP contribution in [0.2, 0.25) is 5.02 Å². The molecule has 1 saturated heterocycles. The van der Waals surface area contributed by atoms with Gasteiger partial charge in [-0.1, -0.05) is 29.6 Å². The van der Waals surface area contributed by atoms with Gasteiger partial charge in [-0.05, 0) is 18.9 Å². The Morgan fingerprint density at radius 3 is 2.71 bits per heavy atom. The third-order valence-corrected chi connectivity index (χ3v) is 6.17. The molecule has 0 bridgehead atoms. The van der Waals surface area contributed by atoms with E-state index in [2.05, 4.69) is 10.3 Å². The maximum atomic E-state index is 13.5. The molecule has 9 heteroatoms. The first-order valence-corrected chi connectivity index (χ1v) is 10.8. The number of hydrogen-bond donors (Lipinski definition) is 0. The van der Waals surface area contributed by atoms with Crippen molar-refractivity contribution in [3.63, 3.8) is 0 Å². The number of oxime groups is 1. The summed E-state index contributed by atoms with van der Waals surface area (Å²) in [7, 11) is 5.01. The summed E-state index contributed by atoms with van der Waals surface area (Å²) in [5.74, 6) is 1.03. The molecule has 2 aliphatic heterocycles. The van der Waals surface area contributed by atoms with Crippen LogP contribution in [0.5, 0.6) is 11.5 Å². The average molecular weight is 447 g/mol. The van der Waals surface area contributed by atoms with Crippen LogP contribution in [0.3, 0.4) is 0 Å². The van der Waals surface area contributed by atoms with Crippen LogP contribution in [0.4, 0.5) is 0 Å². The molecule has 2 aromatic rings. The second kappa shape index (κ2) is 9.18. The standard InChI is InChI=1S/C22H27ClN4O4/c1-26-13-14(12-24-26)18-7-5-4-6-8-27(18)22(28)21-10-17(25-31-21)15-9-16(23)20(30-3)11-19(15)29-2/h9,11-13,18,21H,4-8,10H2,1-3H3/t18-,21+/m0/s1. The predicted molar refractivity (Wildman–Crippen MR) is 117 cm³/mol. The van der Waals surface area contributed by atoms with Crippen molar-refractivity contribution in [2.24, 2.45) is 12.2 Å². The number of methoxy groups -OCH3 is 2. The van der Waals surface area contributed by atoms with E-state index < -0.39 is 6.10 Å². The summed E-state index contributed by atoms with van der Waals surface area (Å²) in [5, 5.41) is 8.95. The summed E-state index contributed by atoms with van der Waals surface area (Å²) < 4.78 is 12.5. The van der Waals surface area contributed by atoms with Gasteiger partial charge in [-0.2, -0.15) is 5.10 Å². The normalized spacial score (nSPS) is 21.3. The molecule has 0 radical (unpaired) electrons. The van der Waals surface area contributed by atoms with Crippen LogP contribution in [0.15, 0.2) is 29.7 Å². The minimum atomic E-state index is -0.669. The monoisotopic (exact) mass is 446 g/mol. The molecule has 0 aliphatic carbocycles. The van der Waals surface area contributed by atoms with Gasteiger partial charge in [0.1, 0.15) is 11.5 Å². The number of aromatic nitrogens is 2. The molecule has 0 spiro atoms. The Kier molecular flexibility index (Phi) is 6.36. The molecule has 0 N–H and O–H groups in total. The lowest BCUT2D eigenvalue weighted by atomic mass is 10.0. The molecular formula is C22H27ClN4O4. The summed E-state index contributed by atoms with van der Waals surface area (Å²) in [5.41, 5.74) is 2.39. The quantitative estimate of drug-likeness (QED) is 0.699. The van der Waals surface area contributed by atoms with E-state index in [1.54, 1.807) is 31.0 Å². The zero-order chi connectivity index (χ0) is 22.0.